The Labute approximate surface area is 120 Å². The first kappa shape index (κ1) is 15.5. The van der Waals surface area contributed by atoms with Crippen LogP contribution in [0.15, 0.2) is 28.7 Å². The minimum atomic E-state index is -0.925. The molecule has 0 saturated carbocycles. The summed E-state index contributed by atoms with van der Waals surface area (Å²) in [4.78, 5) is 23.8. The van der Waals surface area contributed by atoms with E-state index in [2.05, 4.69) is 15.9 Å². The number of aliphatic carboxylic acids is 1. The van der Waals surface area contributed by atoms with Gasteiger partial charge in [-0.1, -0.05) is 19.1 Å². The van der Waals surface area contributed by atoms with Crippen LogP contribution >= 0.6 is 15.9 Å². The van der Waals surface area contributed by atoms with E-state index in [1.807, 2.05) is 12.1 Å². The largest absolute Gasteiger partial charge is 0.483 e. The highest BCUT2D eigenvalue weighted by atomic mass is 79.9. The fraction of sp³-hybridized carbons (Fsp3) is 0.385. The van der Waals surface area contributed by atoms with Gasteiger partial charge in [-0.3, -0.25) is 9.59 Å². The number of carboxylic acids is 1. The van der Waals surface area contributed by atoms with Crippen LogP contribution in [0.25, 0.3) is 0 Å². The van der Waals surface area contributed by atoms with Crippen molar-refractivity contribution in [2.45, 2.75) is 6.92 Å². The van der Waals surface area contributed by atoms with Crippen LogP contribution < -0.4 is 4.74 Å². The van der Waals surface area contributed by atoms with Crippen LogP contribution in [0.3, 0.4) is 0 Å². The van der Waals surface area contributed by atoms with Gasteiger partial charge in [0.05, 0.1) is 10.4 Å². The van der Waals surface area contributed by atoms with E-state index in [-0.39, 0.29) is 19.1 Å². The van der Waals surface area contributed by atoms with Crippen molar-refractivity contribution >= 4 is 27.8 Å². The summed E-state index contributed by atoms with van der Waals surface area (Å²) < 4.78 is 6.14. The standard InChI is InChI=1S/C13H16BrNO4/c1-9(13(17)18)7-15(2)12(16)8-19-11-6-4-3-5-10(11)14/h3-6,9H,7-8H2,1-2H3,(H,17,18). The van der Waals surface area contributed by atoms with Crippen molar-refractivity contribution in [3.63, 3.8) is 0 Å². The molecule has 6 heteroatoms. The molecule has 1 amide bonds. The molecule has 0 aliphatic rings. The summed E-state index contributed by atoms with van der Waals surface area (Å²) in [5.41, 5.74) is 0. The highest BCUT2D eigenvalue weighted by Gasteiger charge is 2.17. The molecule has 0 saturated heterocycles. The molecular weight excluding hydrogens is 314 g/mol. The number of hydrogen-bond acceptors (Lipinski definition) is 3. The molecule has 0 aliphatic carbocycles. The molecule has 0 aliphatic heterocycles. The van der Waals surface area contributed by atoms with E-state index in [1.54, 1.807) is 26.1 Å². The van der Waals surface area contributed by atoms with Crippen LogP contribution in [0.5, 0.6) is 5.75 Å². The third-order valence-corrected chi connectivity index (χ3v) is 3.24. The SMILES string of the molecule is CC(CN(C)C(=O)COc1ccccc1Br)C(=O)O. The zero-order chi connectivity index (χ0) is 14.4. The van der Waals surface area contributed by atoms with Crippen LogP contribution in [-0.4, -0.2) is 42.1 Å². The van der Waals surface area contributed by atoms with Crippen LogP contribution in [0.2, 0.25) is 0 Å². The van der Waals surface area contributed by atoms with Gasteiger partial charge in [-0.05, 0) is 28.1 Å². The van der Waals surface area contributed by atoms with Crippen LogP contribution in [0.1, 0.15) is 6.92 Å². The average molecular weight is 330 g/mol. The molecule has 0 radical (unpaired) electrons. The number of nitrogens with zero attached hydrogens (tertiary/aromatic N) is 1. The fourth-order valence-corrected chi connectivity index (χ4v) is 1.80. The highest BCUT2D eigenvalue weighted by Crippen LogP contribution is 2.23. The summed E-state index contributed by atoms with van der Waals surface area (Å²) in [5.74, 6) is -1.21. The van der Waals surface area contributed by atoms with Crippen LogP contribution in [0.4, 0.5) is 0 Å². The molecule has 19 heavy (non-hydrogen) atoms. The van der Waals surface area contributed by atoms with Gasteiger partial charge >= 0.3 is 5.97 Å². The van der Waals surface area contributed by atoms with Crippen molar-refractivity contribution < 1.29 is 19.4 Å². The average Bonchev–Trinajstić information content (AvgIpc) is 2.37. The summed E-state index contributed by atoms with van der Waals surface area (Å²) in [6, 6.07) is 7.22. The van der Waals surface area contributed by atoms with Crippen molar-refractivity contribution in [1.82, 2.24) is 4.90 Å². The third kappa shape index (κ3) is 4.90. The number of carboxylic acid groups (broad SMARTS) is 1. The molecule has 0 aromatic heterocycles. The van der Waals surface area contributed by atoms with Gasteiger partial charge in [-0.15, -0.1) is 0 Å². The maximum atomic E-state index is 11.8. The minimum absolute atomic E-state index is 0.120. The van der Waals surface area contributed by atoms with E-state index >= 15 is 0 Å². The Hall–Kier alpha value is -1.56. The highest BCUT2D eigenvalue weighted by molar-refractivity contribution is 9.10. The Morgan fingerprint density at radius 2 is 2.05 bits per heavy atom. The second-order valence-corrected chi connectivity index (χ2v) is 5.09. The number of ether oxygens (including phenoxy) is 1. The van der Waals surface area contributed by atoms with Gasteiger partial charge in [-0.2, -0.15) is 0 Å². The third-order valence-electron chi connectivity index (χ3n) is 2.58. The predicted octanol–water partition coefficient (Wildman–Crippen LogP) is 2.01. The lowest BCUT2D eigenvalue weighted by atomic mass is 10.2. The van der Waals surface area contributed by atoms with E-state index in [0.717, 1.165) is 4.47 Å². The van der Waals surface area contributed by atoms with Gasteiger partial charge in [0, 0.05) is 13.6 Å². The minimum Gasteiger partial charge on any atom is -0.483 e. The summed E-state index contributed by atoms with van der Waals surface area (Å²) >= 11 is 3.32. The fourth-order valence-electron chi connectivity index (χ4n) is 1.40. The summed E-state index contributed by atoms with van der Waals surface area (Å²) in [6.07, 6.45) is 0. The quantitative estimate of drug-likeness (QED) is 0.866. The number of carbonyl (C=O) groups is 2. The number of amides is 1. The Morgan fingerprint density at radius 3 is 2.63 bits per heavy atom. The molecule has 1 rings (SSSR count). The first-order valence-corrected chi connectivity index (χ1v) is 6.55. The topological polar surface area (TPSA) is 66.8 Å². The van der Waals surface area contributed by atoms with E-state index < -0.39 is 11.9 Å². The van der Waals surface area contributed by atoms with Crippen molar-refractivity contribution in [2.24, 2.45) is 5.92 Å². The van der Waals surface area contributed by atoms with E-state index in [4.69, 9.17) is 9.84 Å². The molecule has 0 fully saturated rings. The van der Waals surface area contributed by atoms with Crippen molar-refractivity contribution in [3.8, 4) is 5.75 Å². The summed E-state index contributed by atoms with van der Waals surface area (Å²) in [7, 11) is 1.56. The van der Waals surface area contributed by atoms with Gasteiger partial charge in [0.1, 0.15) is 5.75 Å². The normalized spacial score (nSPS) is 11.7. The van der Waals surface area contributed by atoms with E-state index in [0.29, 0.717) is 5.75 Å². The Balaban J connectivity index is 2.47. The van der Waals surface area contributed by atoms with Crippen LogP contribution in [0, 0.1) is 5.92 Å². The molecule has 0 heterocycles. The van der Waals surface area contributed by atoms with Crippen molar-refractivity contribution in [3.05, 3.63) is 28.7 Å². The van der Waals surface area contributed by atoms with Gasteiger partial charge in [0.25, 0.3) is 5.91 Å². The number of carbonyl (C=O) groups excluding carboxylic acids is 1. The number of para-hydroxylation sites is 1. The first-order valence-electron chi connectivity index (χ1n) is 5.76. The van der Waals surface area contributed by atoms with Crippen molar-refractivity contribution in [1.29, 1.82) is 0 Å². The molecule has 1 atom stereocenters. The second-order valence-electron chi connectivity index (χ2n) is 4.23. The lowest BCUT2D eigenvalue weighted by molar-refractivity contribution is -0.143. The molecular formula is C13H16BrNO4. The molecule has 0 bridgehead atoms. The zero-order valence-electron chi connectivity index (χ0n) is 10.8. The van der Waals surface area contributed by atoms with E-state index in [9.17, 15) is 9.59 Å². The number of hydrogen-bond donors (Lipinski definition) is 1. The van der Waals surface area contributed by atoms with Gasteiger partial charge in [-0.25, -0.2) is 0 Å². The maximum Gasteiger partial charge on any atom is 0.308 e. The van der Waals surface area contributed by atoms with E-state index in [1.165, 1.54) is 4.90 Å². The lowest BCUT2D eigenvalue weighted by Crippen LogP contribution is -2.36. The Morgan fingerprint density at radius 1 is 1.42 bits per heavy atom. The molecule has 0 spiro atoms. The van der Waals surface area contributed by atoms with Crippen LogP contribution in [-0.2, 0) is 9.59 Å². The van der Waals surface area contributed by atoms with Gasteiger partial charge in [0.15, 0.2) is 6.61 Å². The molecule has 1 unspecified atom stereocenters. The molecule has 104 valence electrons. The molecule has 5 nitrogen and oxygen atoms in total. The van der Waals surface area contributed by atoms with Crippen molar-refractivity contribution in [2.75, 3.05) is 20.2 Å². The maximum absolute atomic E-state index is 11.8. The number of halogens is 1. The smallest absolute Gasteiger partial charge is 0.308 e. The summed E-state index contributed by atoms with van der Waals surface area (Å²) in [5, 5.41) is 8.78. The first-order chi connectivity index (χ1) is 8.91. The molecule has 1 aromatic rings. The second kappa shape index (κ2) is 7.13. The molecule has 1 aromatic carbocycles. The zero-order valence-corrected chi connectivity index (χ0v) is 12.4. The number of rotatable bonds is 6. The van der Waals surface area contributed by atoms with Gasteiger partial charge < -0.3 is 14.7 Å². The Kier molecular flexibility index (Phi) is 5.82. The lowest BCUT2D eigenvalue weighted by Gasteiger charge is -2.19. The predicted molar refractivity (Wildman–Crippen MR) is 74.1 cm³/mol. The number of benzene rings is 1. The Bertz CT molecular complexity index is 464. The molecule has 1 N–H and O–H groups in total. The van der Waals surface area contributed by atoms with Gasteiger partial charge in [0.2, 0.25) is 0 Å². The monoisotopic (exact) mass is 329 g/mol. The summed E-state index contributed by atoms with van der Waals surface area (Å²) in [6.45, 7) is 1.60. The number of likely N-dealkylation sites (N-methyl/N-ethyl adjacent to an activating group) is 1.